The molecule has 1 aromatic heterocycles. The molecule has 0 aliphatic carbocycles. The predicted molar refractivity (Wildman–Crippen MR) is 70.2 cm³/mol. The van der Waals surface area contributed by atoms with Gasteiger partial charge in [0.05, 0.1) is 13.7 Å². The number of ether oxygens (including phenoxy) is 2. The van der Waals surface area contributed by atoms with Crippen molar-refractivity contribution in [3.8, 4) is 5.88 Å². The van der Waals surface area contributed by atoms with Crippen molar-refractivity contribution in [2.75, 3.05) is 25.2 Å². The number of carbonyl (C=O) groups excluding carboxylic acids is 1. The molecule has 1 aromatic rings. The van der Waals surface area contributed by atoms with Crippen LogP contribution in [0.25, 0.3) is 0 Å². The van der Waals surface area contributed by atoms with E-state index in [9.17, 15) is 4.79 Å². The van der Waals surface area contributed by atoms with Crippen molar-refractivity contribution in [1.29, 1.82) is 0 Å². The Labute approximate surface area is 112 Å². The molecule has 0 aromatic carbocycles. The molecule has 6 nitrogen and oxygen atoms in total. The highest BCUT2D eigenvalue weighted by Crippen LogP contribution is 2.24. The molecule has 2 rings (SSSR count). The third-order valence-corrected chi connectivity index (χ3v) is 3.05. The van der Waals surface area contributed by atoms with Gasteiger partial charge in [0.25, 0.3) is 0 Å². The summed E-state index contributed by atoms with van der Waals surface area (Å²) >= 11 is 0. The number of nitrogens with zero attached hydrogens (tertiary/aromatic N) is 3. The SMILES string of the molecule is CCCOc1ccnc(N2CCCC2C(=O)OC)n1. The summed E-state index contributed by atoms with van der Waals surface area (Å²) in [7, 11) is 1.40. The van der Waals surface area contributed by atoms with E-state index >= 15 is 0 Å². The van der Waals surface area contributed by atoms with Crippen molar-refractivity contribution >= 4 is 11.9 Å². The summed E-state index contributed by atoms with van der Waals surface area (Å²) in [5.41, 5.74) is 0. The molecule has 19 heavy (non-hydrogen) atoms. The fourth-order valence-corrected chi connectivity index (χ4v) is 2.14. The summed E-state index contributed by atoms with van der Waals surface area (Å²) in [6.45, 7) is 3.42. The lowest BCUT2D eigenvalue weighted by atomic mass is 10.2. The van der Waals surface area contributed by atoms with Crippen molar-refractivity contribution in [2.45, 2.75) is 32.2 Å². The first kappa shape index (κ1) is 13.6. The van der Waals surface area contributed by atoms with E-state index in [0.29, 0.717) is 18.4 Å². The van der Waals surface area contributed by atoms with Crippen molar-refractivity contribution in [3.05, 3.63) is 12.3 Å². The van der Waals surface area contributed by atoms with Crippen molar-refractivity contribution in [3.63, 3.8) is 0 Å². The molecule has 1 atom stereocenters. The Kier molecular flexibility index (Phi) is 4.54. The highest BCUT2D eigenvalue weighted by Gasteiger charge is 2.33. The van der Waals surface area contributed by atoms with Gasteiger partial charge in [-0.1, -0.05) is 6.92 Å². The van der Waals surface area contributed by atoms with Gasteiger partial charge >= 0.3 is 5.97 Å². The van der Waals surface area contributed by atoms with Crippen LogP contribution in [0.15, 0.2) is 12.3 Å². The van der Waals surface area contributed by atoms with Gasteiger partial charge < -0.3 is 14.4 Å². The van der Waals surface area contributed by atoms with Crippen LogP contribution in [-0.4, -0.2) is 42.2 Å². The van der Waals surface area contributed by atoms with E-state index in [4.69, 9.17) is 9.47 Å². The predicted octanol–water partition coefficient (Wildman–Crippen LogP) is 1.41. The van der Waals surface area contributed by atoms with Crippen LogP contribution < -0.4 is 9.64 Å². The standard InChI is InChI=1S/C13H19N3O3/c1-3-9-19-11-6-7-14-13(15-11)16-8-4-5-10(16)12(17)18-2/h6-7,10H,3-5,8-9H2,1-2H3. The fraction of sp³-hybridized carbons (Fsp3) is 0.615. The number of esters is 1. The minimum Gasteiger partial charge on any atom is -0.478 e. The smallest absolute Gasteiger partial charge is 0.328 e. The van der Waals surface area contributed by atoms with Crippen LogP contribution in [0.2, 0.25) is 0 Å². The first-order chi connectivity index (χ1) is 9.26. The molecule has 1 aliphatic rings. The highest BCUT2D eigenvalue weighted by molar-refractivity contribution is 5.79. The molecule has 0 radical (unpaired) electrons. The number of methoxy groups -OCH3 is 1. The number of hydrogen-bond acceptors (Lipinski definition) is 6. The number of rotatable bonds is 5. The summed E-state index contributed by atoms with van der Waals surface area (Å²) in [5.74, 6) is 0.838. The Balaban J connectivity index is 2.13. The topological polar surface area (TPSA) is 64.5 Å². The van der Waals surface area contributed by atoms with Crippen LogP contribution in [-0.2, 0) is 9.53 Å². The number of hydrogen-bond donors (Lipinski definition) is 0. The van der Waals surface area contributed by atoms with Gasteiger partial charge in [-0.15, -0.1) is 0 Å². The van der Waals surface area contributed by atoms with Crippen LogP contribution in [0.4, 0.5) is 5.95 Å². The maximum absolute atomic E-state index is 11.7. The fourth-order valence-electron chi connectivity index (χ4n) is 2.14. The van der Waals surface area contributed by atoms with E-state index in [1.165, 1.54) is 7.11 Å². The summed E-state index contributed by atoms with van der Waals surface area (Å²) in [6, 6.07) is 1.44. The van der Waals surface area contributed by atoms with Crippen molar-refractivity contribution in [2.24, 2.45) is 0 Å². The average molecular weight is 265 g/mol. The lowest BCUT2D eigenvalue weighted by molar-refractivity contribution is -0.141. The van der Waals surface area contributed by atoms with Crippen molar-refractivity contribution < 1.29 is 14.3 Å². The summed E-state index contributed by atoms with van der Waals surface area (Å²) < 4.78 is 10.3. The van der Waals surface area contributed by atoms with E-state index in [-0.39, 0.29) is 12.0 Å². The third-order valence-electron chi connectivity index (χ3n) is 3.05. The minimum atomic E-state index is -0.286. The molecule has 6 heteroatoms. The Hall–Kier alpha value is -1.85. The zero-order chi connectivity index (χ0) is 13.7. The van der Waals surface area contributed by atoms with Crippen LogP contribution in [0.3, 0.4) is 0 Å². The quantitative estimate of drug-likeness (QED) is 0.750. The Morgan fingerprint density at radius 1 is 1.58 bits per heavy atom. The molecular formula is C13H19N3O3. The maximum Gasteiger partial charge on any atom is 0.328 e. The first-order valence-corrected chi connectivity index (χ1v) is 6.56. The molecule has 0 amide bonds. The largest absolute Gasteiger partial charge is 0.478 e. The second kappa shape index (κ2) is 6.36. The Morgan fingerprint density at radius 3 is 3.16 bits per heavy atom. The maximum atomic E-state index is 11.7. The molecule has 1 unspecified atom stereocenters. The number of anilines is 1. The number of aromatic nitrogens is 2. The second-order valence-electron chi connectivity index (χ2n) is 4.42. The molecule has 1 aliphatic heterocycles. The third kappa shape index (κ3) is 3.13. The van der Waals surface area contributed by atoms with E-state index in [1.807, 2.05) is 11.8 Å². The molecule has 1 saturated heterocycles. The van der Waals surface area contributed by atoms with E-state index < -0.39 is 0 Å². The second-order valence-corrected chi connectivity index (χ2v) is 4.42. The van der Waals surface area contributed by atoms with Crippen LogP contribution in [0.5, 0.6) is 5.88 Å². The zero-order valence-electron chi connectivity index (χ0n) is 11.3. The van der Waals surface area contributed by atoms with Gasteiger partial charge in [0, 0.05) is 18.8 Å². The van der Waals surface area contributed by atoms with Gasteiger partial charge in [-0.2, -0.15) is 4.98 Å². The van der Waals surface area contributed by atoms with Crippen LogP contribution in [0, 0.1) is 0 Å². The lowest BCUT2D eigenvalue weighted by Crippen LogP contribution is -2.37. The molecule has 0 saturated carbocycles. The van der Waals surface area contributed by atoms with Gasteiger partial charge in [-0.05, 0) is 19.3 Å². The molecular weight excluding hydrogens is 246 g/mol. The van der Waals surface area contributed by atoms with Gasteiger partial charge in [0.2, 0.25) is 11.8 Å². The van der Waals surface area contributed by atoms with Crippen LogP contribution in [0.1, 0.15) is 26.2 Å². The summed E-state index contributed by atoms with van der Waals surface area (Å²) in [5, 5.41) is 0. The summed E-state index contributed by atoms with van der Waals surface area (Å²) in [6.07, 6.45) is 4.28. The lowest BCUT2D eigenvalue weighted by Gasteiger charge is -2.22. The van der Waals surface area contributed by atoms with Gasteiger partial charge in [-0.25, -0.2) is 9.78 Å². The molecule has 0 bridgehead atoms. The minimum absolute atomic E-state index is 0.235. The molecule has 0 spiro atoms. The zero-order valence-corrected chi connectivity index (χ0v) is 11.3. The number of carbonyl (C=O) groups is 1. The Morgan fingerprint density at radius 2 is 2.42 bits per heavy atom. The monoisotopic (exact) mass is 265 g/mol. The van der Waals surface area contributed by atoms with Gasteiger partial charge in [0.1, 0.15) is 6.04 Å². The molecule has 104 valence electrons. The molecule has 2 heterocycles. The average Bonchev–Trinajstić information content (AvgIpc) is 2.94. The summed E-state index contributed by atoms with van der Waals surface area (Å²) in [4.78, 5) is 22.2. The van der Waals surface area contributed by atoms with Crippen LogP contribution >= 0.6 is 0 Å². The van der Waals surface area contributed by atoms with Gasteiger partial charge in [0.15, 0.2) is 0 Å². The normalized spacial score (nSPS) is 18.4. The highest BCUT2D eigenvalue weighted by atomic mass is 16.5. The first-order valence-electron chi connectivity index (χ1n) is 6.56. The molecule has 1 fully saturated rings. The van der Waals surface area contributed by atoms with E-state index in [2.05, 4.69) is 9.97 Å². The molecule has 0 N–H and O–H groups in total. The van der Waals surface area contributed by atoms with E-state index in [0.717, 1.165) is 25.8 Å². The Bertz CT molecular complexity index is 439. The van der Waals surface area contributed by atoms with E-state index in [1.54, 1.807) is 12.3 Å². The van der Waals surface area contributed by atoms with Crippen molar-refractivity contribution in [1.82, 2.24) is 9.97 Å². The van der Waals surface area contributed by atoms with Gasteiger partial charge in [-0.3, -0.25) is 0 Å².